The van der Waals surface area contributed by atoms with Crippen molar-refractivity contribution in [3.8, 4) is 5.75 Å². The topological polar surface area (TPSA) is 93.7 Å². The summed E-state index contributed by atoms with van der Waals surface area (Å²) >= 11 is 0. The Kier molecular flexibility index (Phi) is 7.52. The van der Waals surface area contributed by atoms with Gasteiger partial charge in [0.25, 0.3) is 5.91 Å². The third-order valence-electron chi connectivity index (χ3n) is 3.31. The predicted molar refractivity (Wildman–Crippen MR) is 91.4 cm³/mol. The van der Waals surface area contributed by atoms with Gasteiger partial charge in [-0.05, 0) is 24.3 Å². The third-order valence-corrected chi connectivity index (χ3v) is 3.31. The fourth-order valence-electron chi connectivity index (χ4n) is 2.05. The summed E-state index contributed by atoms with van der Waals surface area (Å²) < 4.78 is 59.4. The number of alkyl halides is 2. The second kappa shape index (κ2) is 10.1. The van der Waals surface area contributed by atoms with Gasteiger partial charge < -0.3 is 20.1 Å². The van der Waals surface area contributed by atoms with Crippen LogP contribution in [0.5, 0.6) is 5.75 Å². The Morgan fingerprint density at radius 1 is 0.966 bits per heavy atom. The van der Waals surface area contributed by atoms with Gasteiger partial charge in [0.15, 0.2) is 18.2 Å². The highest BCUT2D eigenvalue weighted by Crippen LogP contribution is 2.21. The molecular formula is C18H14F4N2O5. The molecule has 0 radical (unpaired) electrons. The molecule has 0 spiro atoms. The van der Waals surface area contributed by atoms with Gasteiger partial charge in [0, 0.05) is 11.8 Å². The molecule has 0 aliphatic heterocycles. The van der Waals surface area contributed by atoms with Gasteiger partial charge in [-0.2, -0.15) is 8.78 Å². The summed E-state index contributed by atoms with van der Waals surface area (Å²) in [6, 6.07) is 7.76. The predicted octanol–water partition coefficient (Wildman–Crippen LogP) is 2.48. The van der Waals surface area contributed by atoms with Crippen LogP contribution in [0, 0.1) is 11.6 Å². The Morgan fingerprint density at radius 2 is 1.69 bits per heavy atom. The van der Waals surface area contributed by atoms with Gasteiger partial charge in [0.2, 0.25) is 5.91 Å². The molecule has 2 rings (SSSR count). The van der Waals surface area contributed by atoms with E-state index in [1.807, 2.05) is 0 Å². The third kappa shape index (κ3) is 6.79. The molecule has 0 unspecified atom stereocenters. The number of nitrogens with one attached hydrogen (secondary N) is 2. The number of hydrogen-bond acceptors (Lipinski definition) is 5. The lowest BCUT2D eigenvalue weighted by atomic mass is 10.2. The van der Waals surface area contributed by atoms with Gasteiger partial charge in [0.05, 0.1) is 6.54 Å². The van der Waals surface area contributed by atoms with Crippen molar-refractivity contribution in [2.75, 3.05) is 18.5 Å². The summed E-state index contributed by atoms with van der Waals surface area (Å²) in [4.78, 5) is 35.3. The number of carbonyl (C=O) groups is 3. The Balaban J connectivity index is 1.80. The van der Waals surface area contributed by atoms with Crippen LogP contribution in [0.4, 0.5) is 23.2 Å². The van der Waals surface area contributed by atoms with Gasteiger partial charge in [-0.15, -0.1) is 0 Å². The quantitative estimate of drug-likeness (QED) is 0.511. The largest absolute Gasteiger partial charge is 0.452 e. The van der Waals surface area contributed by atoms with E-state index in [1.165, 1.54) is 18.2 Å². The lowest BCUT2D eigenvalue weighted by molar-refractivity contribution is -0.126. The number of halogens is 4. The molecule has 0 fully saturated rings. The molecule has 0 bridgehead atoms. The van der Waals surface area contributed by atoms with E-state index in [2.05, 4.69) is 15.4 Å². The molecule has 154 valence electrons. The number of rotatable bonds is 8. The Morgan fingerprint density at radius 3 is 2.38 bits per heavy atom. The van der Waals surface area contributed by atoms with Gasteiger partial charge >= 0.3 is 12.6 Å². The normalized spacial score (nSPS) is 10.4. The number of anilines is 1. The molecule has 0 saturated carbocycles. The van der Waals surface area contributed by atoms with E-state index in [0.29, 0.717) is 0 Å². The fourth-order valence-corrected chi connectivity index (χ4v) is 2.05. The van der Waals surface area contributed by atoms with Crippen molar-refractivity contribution in [2.45, 2.75) is 6.61 Å². The molecular weight excluding hydrogens is 400 g/mol. The summed E-state index contributed by atoms with van der Waals surface area (Å²) in [7, 11) is 0. The summed E-state index contributed by atoms with van der Waals surface area (Å²) in [5.41, 5.74) is -0.332. The molecule has 2 aromatic carbocycles. The highest BCUT2D eigenvalue weighted by Gasteiger charge is 2.18. The van der Waals surface area contributed by atoms with Crippen LogP contribution in [0.3, 0.4) is 0 Å². The van der Waals surface area contributed by atoms with Crippen molar-refractivity contribution in [3.63, 3.8) is 0 Å². The zero-order valence-electron chi connectivity index (χ0n) is 14.6. The second-order valence-corrected chi connectivity index (χ2v) is 5.40. The Labute approximate surface area is 161 Å². The molecule has 0 aromatic heterocycles. The molecule has 7 nitrogen and oxygen atoms in total. The zero-order chi connectivity index (χ0) is 21.4. The lowest BCUT2D eigenvalue weighted by Crippen LogP contribution is -2.35. The molecule has 2 aromatic rings. The van der Waals surface area contributed by atoms with E-state index >= 15 is 0 Å². The maximum absolute atomic E-state index is 13.1. The number of amides is 2. The highest BCUT2D eigenvalue weighted by molar-refractivity contribution is 5.96. The van der Waals surface area contributed by atoms with E-state index < -0.39 is 54.9 Å². The molecule has 0 atom stereocenters. The van der Waals surface area contributed by atoms with Crippen LogP contribution in [0.15, 0.2) is 42.5 Å². The molecule has 11 heteroatoms. The maximum Gasteiger partial charge on any atom is 0.387 e. The summed E-state index contributed by atoms with van der Waals surface area (Å²) in [5, 5.41) is 4.36. The number of para-hydroxylation sites is 1. The van der Waals surface area contributed by atoms with Crippen molar-refractivity contribution >= 4 is 23.5 Å². The SMILES string of the molecule is O=C(COC(=O)c1ccccc1OC(F)F)NCC(=O)Nc1ccc(F)c(F)c1. The van der Waals surface area contributed by atoms with Crippen LogP contribution in [0.1, 0.15) is 10.4 Å². The van der Waals surface area contributed by atoms with Crippen LogP contribution < -0.4 is 15.4 Å². The standard InChI is InChI=1S/C18H14F4N2O5/c19-12-6-5-10(7-13(12)20)24-15(25)8-23-16(26)9-28-17(27)11-3-1-2-4-14(11)29-18(21)22/h1-7,18H,8-9H2,(H,23,26)(H,24,25). The van der Waals surface area contributed by atoms with Crippen molar-refractivity contribution in [3.05, 3.63) is 59.7 Å². The van der Waals surface area contributed by atoms with Gasteiger partial charge in [-0.1, -0.05) is 12.1 Å². The maximum atomic E-state index is 13.1. The fraction of sp³-hybridized carbons (Fsp3) is 0.167. The smallest absolute Gasteiger partial charge is 0.387 e. The molecule has 0 saturated heterocycles. The molecule has 0 heterocycles. The minimum absolute atomic E-state index is 0.0230. The van der Waals surface area contributed by atoms with Crippen LogP contribution in [0.2, 0.25) is 0 Å². The second-order valence-electron chi connectivity index (χ2n) is 5.40. The first-order chi connectivity index (χ1) is 13.8. The molecule has 0 aliphatic carbocycles. The van der Waals surface area contributed by atoms with Crippen molar-refractivity contribution in [1.82, 2.24) is 5.32 Å². The number of ether oxygens (including phenoxy) is 2. The van der Waals surface area contributed by atoms with Crippen LogP contribution in [-0.4, -0.2) is 37.5 Å². The minimum Gasteiger partial charge on any atom is -0.452 e. The number of benzene rings is 2. The average molecular weight is 414 g/mol. The Bertz CT molecular complexity index is 908. The number of carbonyl (C=O) groups excluding carboxylic acids is 3. The van der Waals surface area contributed by atoms with E-state index in [1.54, 1.807) is 0 Å². The molecule has 2 N–H and O–H groups in total. The zero-order valence-corrected chi connectivity index (χ0v) is 14.6. The summed E-state index contributed by atoms with van der Waals surface area (Å²) in [5.74, 6) is -5.34. The van der Waals surface area contributed by atoms with E-state index in [-0.39, 0.29) is 11.3 Å². The van der Waals surface area contributed by atoms with Crippen LogP contribution >= 0.6 is 0 Å². The van der Waals surface area contributed by atoms with Crippen LogP contribution in [-0.2, 0) is 14.3 Å². The van der Waals surface area contributed by atoms with Crippen molar-refractivity contribution in [1.29, 1.82) is 0 Å². The van der Waals surface area contributed by atoms with E-state index in [4.69, 9.17) is 4.74 Å². The van der Waals surface area contributed by atoms with Crippen LogP contribution in [0.25, 0.3) is 0 Å². The first-order valence-corrected chi connectivity index (χ1v) is 7.99. The number of esters is 1. The van der Waals surface area contributed by atoms with Gasteiger partial charge in [0.1, 0.15) is 11.3 Å². The Hall–Kier alpha value is -3.63. The summed E-state index contributed by atoms with van der Waals surface area (Å²) in [6.07, 6.45) is 0. The minimum atomic E-state index is -3.15. The monoisotopic (exact) mass is 414 g/mol. The average Bonchev–Trinajstić information content (AvgIpc) is 2.67. The van der Waals surface area contributed by atoms with Crippen molar-refractivity contribution < 1.29 is 41.4 Å². The molecule has 0 aliphatic rings. The molecule has 29 heavy (non-hydrogen) atoms. The number of hydrogen-bond donors (Lipinski definition) is 2. The van der Waals surface area contributed by atoms with Gasteiger partial charge in [-0.3, -0.25) is 9.59 Å². The first kappa shape index (κ1) is 21.7. The lowest BCUT2D eigenvalue weighted by Gasteiger charge is -2.10. The first-order valence-electron chi connectivity index (χ1n) is 7.99. The highest BCUT2D eigenvalue weighted by atomic mass is 19.3. The van der Waals surface area contributed by atoms with Gasteiger partial charge in [-0.25, -0.2) is 13.6 Å². The van der Waals surface area contributed by atoms with E-state index in [0.717, 1.165) is 24.3 Å². The van der Waals surface area contributed by atoms with Crippen molar-refractivity contribution in [2.24, 2.45) is 0 Å². The van der Waals surface area contributed by atoms with E-state index in [9.17, 15) is 31.9 Å². The summed E-state index contributed by atoms with van der Waals surface area (Å²) in [6.45, 7) is -4.49. The molecule has 2 amide bonds.